The number of nitrogens with zero attached hydrogens (tertiary/aromatic N) is 2. The summed E-state index contributed by atoms with van der Waals surface area (Å²) in [5.41, 5.74) is 2.69. The third-order valence-corrected chi connectivity index (χ3v) is 2.75. The molecule has 0 unspecified atom stereocenters. The predicted molar refractivity (Wildman–Crippen MR) is 66.2 cm³/mol. The van der Waals surface area contributed by atoms with Gasteiger partial charge in [-0.25, -0.2) is 0 Å². The van der Waals surface area contributed by atoms with Gasteiger partial charge < -0.3 is 10.3 Å². The molecule has 2 rings (SSSR count). The molecule has 0 atom stereocenters. The van der Waals surface area contributed by atoms with Crippen molar-refractivity contribution < 1.29 is 4.79 Å². The summed E-state index contributed by atoms with van der Waals surface area (Å²) in [5.74, 6) is 0.207. The Morgan fingerprint density at radius 1 is 1.61 bits per heavy atom. The summed E-state index contributed by atoms with van der Waals surface area (Å²) in [4.78, 5) is 14.6. The molecule has 0 aliphatic heterocycles. The smallest absolute Gasteiger partial charge is 0.273 e. The second-order valence-corrected chi connectivity index (χ2v) is 3.90. The van der Waals surface area contributed by atoms with Crippen LogP contribution in [0.3, 0.4) is 0 Å². The Kier molecular flexibility index (Phi) is 3.15. The molecule has 6 nitrogen and oxygen atoms in total. The topological polar surface area (TPSA) is 97.4 Å². The molecule has 0 bridgehead atoms. The van der Waals surface area contributed by atoms with Crippen molar-refractivity contribution >= 4 is 11.7 Å². The molecule has 3 N–H and O–H groups in total. The number of carbonyl (C=O) groups is 1. The maximum absolute atomic E-state index is 11.9. The normalized spacial score (nSPS) is 10.1. The minimum atomic E-state index is -0.311. The molecule has 2 heterocycles. The second kappa shape index (κ2) is 4.75. The lowest BCUT2D eigenvalue weighted by Gasteiger charge is -2.01. The Morgan fingerprint density at radius 3 is 2.94 bits per heavy atom. The molecule has 0 aliphatic rings. The number of carbonyl (C=O) groups excluding carboxylic acids is 1. The maximum atomic E-state index is 11.9. The molecule has 0 aromatic carbocycles. The predicted octanol–water partition coefficient (Wildman–Crippen LogP) is 1.73. The van der Waals surface area contributed by atoms with E-state index in [4.69, 9.17) is 5.26 Å². The Labute approximate surface area is 104 Å². The van der Waals surface area contributed by atoms with Gasteiger partial charge >= 0.3 is 0 Å². The zero-order valence-electron chi connectivity index (χ0n) is 10.2. The number of nitrogens with one attached hydrogen (secondary N) is 3. The van der Waals surface area contributed by atoms with Gasteiger partial charge in [0.05, 0.1) is 5.56 Å². The third kappa shape index (κ3) is 2.11. The van der Waals surface area contributed by atoms with Crippen LogP contribution in [0, 0.1) is 18.3 Å². The highest BCUT2D eigenvalue weighted by Gasteiger charge is 2.13. The van der Waals surface area contributed by atoms with Crippen LogP contribution in [0.15, 0.2) is 12.3 Å². The first-order chi connectivity index (χ1) is 8.65. The summed E-state index contributed by atoms with van der Waals surface area (Å²) in [6.45, 7) is 3.91. The minimum Gasteiger partial charge on any atom is -0.356 e. The average Bonchev–Trinajstić information content (AvgIpc) is 2.97. The number of amides is 1. The molecule has 0 saturated carbocycles. The van der Waals surface area contributed by atoms with Crippen LogP contribution in [-0.4, -0.2) is 21.1 Å². The Balaban J connectivity index is 2.16. The van der Waals surface area contributed by atoms with E-state index in [2.05, 4.69) is 20.5 Å². The SMILES string of the molecule is CCc1[nH]nc(NC(=O)c2cc(C#N)c[nH]2)c1C. The van der Waals surface area contributed by atoms with Gasteiger partial charge in [-0.3, -0.25) is 9.89 Å². The van der Waals surface area contributed by atoms with Gasteiger partial charge in [0.25, 0.3) is 5.91 Å². The Morgan fingerprint density at radius 2 is 2.39 bits per heavy atom. The van der Waals surface area contributed by atoms with Crippen molar-refractivity contribution in [3.8, 4) is 6.07 Å². The number of aromatic nitrogens is 3. The molecule has 0 spiro atoms. The summed E-state index contributed by atoms with van der Waals surface area (Å²) < 4.78 is 0. The fourth-order valence-corrected chi connectivity index (χ4v) is 1.66. The molecule has 18 heavy (non-hydrogen) atoms. The van der Waals surface area contributed by atoms with Gasteiger partial charge in [0, 0.05) is 17.5 Å². The van der Waals surface area contributed by atoms with Gasteiger partial charge in [0.15, 0.2) is 5.82 Å². The number of aromatic amines is 2. The third-order valence-electron chi connectivity index (χ3n) is 2.75. The standard InChI is InChI=1S/C12H13N5O/c1-3-9-7(2)11(17-16-9)15-12(18)10-4-8(5-13)6-14-10/h4,6,14H,3H2,1-2H3,(H2,15,16,17,18). The summed E-state index contributed by atoms with van der Waals surface area (Å²) in [7, 11) is 0. The monoisotopic (exact) mass is 243 g/mol. The number of H-pyrrole nitrogens is 2. The van der Waals surface area contributed by atoms with Crippen LogP contribution in [0.1, 0.15) is 34.2 Å². The molecule has 92 valence electrons. The van der Waals surface area contributed by atoms with Gasteiger partial charge in [0.1, 0.15) is 11.8 Å². The van der Waals surface area contributed by atoms with E-state index in [9.17, 15) is 4.79 Å². The van der Waals surface area contributed by atoms with Crippen molar-refractivity contribution in [2.75, 3.05) is 5.32 Å². The molecule has 0 fully saturated rings. The van der Waals surface area contributed by atoms with E-state index in [1.165, 1.54) is 12.3 Å². The van der Waals surface area contributed by atoms with Crippen LogP contribution in [0.4, 0.5) is 5.82 Å². The first-order valence-corrected chi connectivity index (χ1v) is 5.59. The van der Waals surface area contributed by atoms with E-state index in [1.54, 1.807) is 0 Å². The Bertz CT molecular complexity index is 617. The molecule has 0 radical (unpaired) electrons. The summed E-state index contributed by atoms with van der Waals surface area (Å²) in [6, 6.07) is 3.46. The van der Waals surface area contributed by atoms with E-state index in [-0.39, 0.29) is 5.91 Å². The number of anilines is 1. The van der Waals surface area contributed by atoms with Crippen LogP contribution >= 0.6 is 0 Å². The quantitative estimate of drug-likeness (QED) is 0.765. The van der Waals surface area contributed by atoms with E-state index in [0.717, 1.165) is 17.7 Å². The van der Waals surface area contributed by atoms with Crippen molar-refractivity contribution in [3.05, 3.63) is 34.8 Å². The fourth-order valence-electron chi connectivity index (χ4n) is 1.66. The molecule has 6 heteroatoms. The highest BCUT2D eigenvalue weighted by Crippen LogP contribution is 2.16. The second-order valence-electron chi connectivity index (χ2n) is 3.90. The summed E-state index contributed by atoms with van der Waals surface area (Å²) >= 11 is 0. The van der Waals surface area contributed by atoms with E-state index >= 15 is 0 Å². The largest absolute Gasteiger partial charge is 0.356 e. The number of hydrogen-bond acceptors (Lipinski definition) is 3. The molecule has 0 saturated heterocycles. The van der Waals surface area contributed by atoms with Crippen molar-refractivity contribution in [1.29, 1.82) is 5.26 Å². The van der Waals surface area contributed by atoms with Crippen molar-refractivity contribution in [2.24, 2.45) is 0 Å². The lowest BCUT2D eigenvalue weighted by Crippen LogP contribution is -2.13. The molecule has 0 aliphatic carbocycles. The van der Waals surface area contributed by atoms with Gasteiger partial charge in [0.2, 0.25) is 0 Å². The van der Waals surface area contributed by atoms with Gasteiger partial charge in [-0.2, -0.15) is 10.4 Å². The molecular weight excluding hydrogens is 230 g/mol. The fraction of sp³-hybridized carbons (Fsp3) is 0.250. The van der Waals surface area contributed by atoms with E-state index < -0.39 is 0 Å². The number of nitriles is 1. The maximum Gasteiger partial charge on any atom is 0.273 e. The highest BCUT2D eigenvalue weighted by atomic mass is 16.1. The van der Waals surface area contributed by atoms with Gasteiger partial charge in [-0.1, -0.05) is 6.92 Å². The molecule has 2 aromatic heterocycles. The first-order valence-electron chi connectivity index (χ1n) is 5.59. The van der Waals surface area contributed by atoms with Crippen molar-refractivity contribution in [1.82, 2.24) is 15.2 Å². The summed E-state index contributed by atoms with van der Waals surface area (Å²) in [5, 5.41) is 18.3. The van der Waals surface area contributed by atoms with Crippen LogP contribution in [0.25, 0.3) is 0 Å². The molecular formula is C12H13N5O. The van der Waals surface area contributed by atoms with E-state index in [0.29, 0.717) is 17.1 Å². The van der Waals surface area contributed by atoms with Crippen LogP contribution in [0.2, 0.25) is 0 Å². The average molecular weight is 243 g/mol. The zero-order valence-corrected chi connectivity index (χ0v) is 10.2. The number of aryl methyl sites for hydroxylation is 1. The molecule has 2 aromatic rings. The van der Waals surface area contributed by atoms with Crippen molar-refractivity contribution in [3.63, 3.8) is 0 Å². The summed E-state index contributed by atoms with van der Waals surface area (Å²) in [6.07, 6.45) is 2.32. The van der Waals surface area contributed by atoms with E-state index in [1.807, 2.05) is 19.9 Å². The number of rotatable bonds is 3. The number of hydrogen-bond donors (Lipinski definition) is 3. The lowest BCUT2D eigenvalue weighted by molar-refractivity contribution is 0.102. The Hall–Kier alpha value is -2.55. The van der Waals surface area contributed by atoms with Crippen LogP contribution in [0.5, 0.6) is 0 Å². The first kappa shape index (κ1) is 11.9. The van der Waals surface area contributed by atoms with Gasteiger partial charge in [-0.15, -0.1) is 0 Å². The van der Waals surface area contributed by atoms with Crippen LogP contribution in [-0.2, 0) is 6.42 Å². The van der Waals surface area contributed by atoms with Gasteiger partial charge in [-0.05, 0) is 19.4 Å². The van der Waals surface area contributed by atoms with Crippen molar-refractivity contribution in [2.45, 2.75) is 20.3 Å². The molecule has 1 amide bonds. The minimum absolute atomic E-state index is 0.311. The lowest BCUT2D eigenvalue weighted by atomic mass is 10.2. The van der Waals surface area contributed by atoms with Crippen LogP contribution < -0.4 is 5.32 Å². The zero-order chi connectivity index (χ0) is 13.1. The highest BCUT2D eigenvalue weighted by molar-refractivity contribution is 6.03.